The van der Waals surface area contributed by atoms with Crippen LogP contribution in [-0.4, -0.2) is 37.6 Å². The van der Waals surface area contributed by atoms with Crippen molar-refractivity contribution in [1.82, 2.24) is 24.8 Å². The molecule has 0 unspecified atom stereocenters. The van der Waals surface area contributed by atoms with Gasteiger partial charge in [0.15, 0.2) is 5.11 Å². The molecule has 0 bridgehead atoms. The van der Waals surface area contributed by atoms with Gasteiger partial charge in [0, 0.05) is 30.0 Å². The molecule has 3 aromatic heterocycles. The molecule has 0 spiro atoms. The molecule has 34 heavy (non-hydrogen) atoms. The second kappa shape index (κ2) is 9.44. The van der Waals surface area contributed by atoms with Crippen LogP contribution in [0.4, 0.5) is 0 Å². The van der Waals surface area contributed by atoms with E-state index in [9.17, 15) is 4.79 Å². The van der Waals surface area contributed by atoms with Gasteiger partial charge in [-0.2, -0.15) is 0 Å². The molecule has 4 heterocycles. The van der Waals surface area contributed by atoms with Crippen LogP contribution < -0.4 is 5.32 Å². The second-order valence-corrected chi connectivity index (χ2v) is 8.30. The minimum atomic E-state index is -0.360. The van der Waals surface area contributed by atoms with Gasteiger partial charge >= 0.3 is 5.97 Å². The number of aromatic nitrogens is 3. The minimum Gasteiger partial charge on any atom is -0.465 e. The van der Waals surface area contributed by atoms with Crippen molar-refractivity contribution in [3.63, 3.8) is 0 Å². The van der Waals surface area contributed by atoms with Crippen molar-refractivity contribution in [2.75, 3.05) is 7.11 Å². The van der Waals surface area contributed by atoms with Gasteiger partial charge in [-0.1, -0.05) is 12.1 Å². The third-order valence-electron chi connectivity index (χ3n) is 5.91. The number of carbonyl (C=O) groups is 1. The number of benzene rings is 1. The number of rotatable bonds is 6. The number of esters is 1. The number of nitrogens with one attached hydrogen (secondary N) is 1. The minimum absolute atomic E-state index is 0.125. The number of ether oxygens (including phenoxy) is 1. The molecule has 0 saturated carbocycles. The zero-order valence-electron chi connectivity index (χ0n) is 18.5. The van der Waals surface area contributed by atoms with E-state index >= 15 is 0 Å². The Balaban J connectivity index is 1.56. The normalized spacial score (nSPS) is 17.4. The van der Waals surface area contributed by atoms with Gasteiger partial charge in [0.05, 0.1) is 42.7 Å². The Morgan fingerprint density at radius 2 is 1.76 bits per heavy atom. The Labute approximate surface area is 203 Å². The van der Waals surface area contributed by atoms with Crippen LogP contribution in [0.3, 0.4) is 0 Å². The molecule has 1 N–H and O–H groups in total. The van der Waals surface area contributed by atoms with Crippen LogP contribution in [0.25, 0.3) is 5.69 Å². The summed E-state index contributed by atoms with van der Waals surface area (Å²) < 4.78 is 6.94. The highest BCUT2D eigenvalue weighted by Gasteiger charge is 2.41. The average molecular weight is 470 g/mol. The molecule has 5 rings (SSSR count). The lowest BCUT2D eigenvalue weighted by Crippen LogP contribution is -2.30. The Bertz CT molecular complexity index is 1290. The molecule has 0 amide bonds. The SMILES string of the molecule is COC(=O)c1ccc(-n2cccc2[C@@H]2[C@@H](c3ccccn3)NC(=S)N2Cc2ccccn2)cc1. The Morgan fingerprint density at radius 3 is 2.44 bits per heavy atom. The zero-order valence-corrected chi connectivity index (χ0v) is 19.4. The van der Waals surface area contributed by atoms with Gasteiger partial charge in [0.2, 0.25) is 0 Å². The van der Waals surface area contributed by atoms with Crippen LogP contribution in [0.2, 0.25) is 0 Å². The van der Waals surface area contributed by atoms with Gasteiger partial charge in [-0.3, -0.25) is 9.97 Å². The number of pyridine rings is 2. The van der Waals surface area contributed by atoms with E-state index in [1.54, 1.807) is 24.5 Å². The molecule has 2 atom stereocenters. The summed E-state index contributed by atoms with van der Waals surface area (Å²) in [7, 11) is 1.38. The van der Waals surface area contributed by atoms with Crippen LogP contribution >= 0.6 is 12.2 Å². The van der Waals surface area contributed by atoms with Crippen molar-refractivity contribution in [1.29, 1.82) is 0 Å². The molecule has 0 aliphatic carbocycles. The van der Waals surface area contributed by atoms with E-state index in [0.29, 0.717) is 17.2 Å². The van der Waals surface area contributed by atoms with E-state index in [4.69, 9.17) is 17.0 Å². The van der Waals surface area contributed by atoms with Gasteiger partial charge in [-0.15, -0.1) is 0 Å². The summed E-state index contributed by atoms with van der Waals surface area (Å²) in [5.41, 5.74) is 4.32. The average Bonchev–Trinajstić information content (AvgIpc) is 3.49. The highest BCUT2D eigenvalue weighted by molar-refractivity contribution is 7.80. The molecule has 1 fully saturated rings. The third kappa shape index (κ3) is 4.15. The number of hydrogen-bond acceptors (Lipinski definition) is 5. The van der Waals surface area contributed by atoms with Crippen LogP contribution in [0.5, 0.6) is 0 Å². The van der Waals surface area contributed by atoms with Crippen molar-refractivity contribution >= 4 is 23.3 Å². The van der Waals surface area contributed by atoms with Crippen LogP contribution in [-0.2, 0) is 11.3 Å². The lowest BCUT2D eigenvalue weighted by atomic mass is 10.0. The van der Waals surface area contributed by atoms with Gasteiger partial charge < -0.3 is 19.5 Å². The smallest absolute Gasteiger partial charge is 0.337 e. The van der Waals surface area contributed by atoms with Crippen LogP contribution in [0.1, 0.15) is 39.5 Å². The fourth-order valence-electron chi connectivity index (χ4n) is 4.31. The Morgan fingerprint density at radius 1 is 1.00 bits per heavy atom. The molecule has 8 heteroatoms. The molecule has 0 radical (unpaired) electrons. The summed E-state index contributed by atoms with van der Waals surface area (Å²) in [6, 6.07) is 23.0. The molecule has 1 aromatic carbocycles. The fourth-order valence-corrected chi connectivity index (χ4v) is 4.61. The lowest BCUT2D eigenvalue weighted by molar-refractivity contribution is 0.0600. The first kappa shape index (κ1) is 21.8. The topological polar surface area (TPSA) is 72.3 Å². The number of hydrogen-bond donors (Lipinski definition) is 1. The van der Waals surface area contributed by atoms with Crippen molar-refractivity contribution in [2.24, 2.45) is 0 Å². The fraction of sp³-hybridized carbons (Fsp3) is 0.154. The summed E-state index contributed by atoms with van der Waals surface area (Å²) in [6.45, 7) is 0.563. The van der Waals surface area contributed by atoms with Crippen molar-refractivity contribution in [2.45, 2.75) is 18.6 Å². The lowest BCUT2D eigenvalue weighted by Gasteiger charge is -2.28. The van der Waals surface area contributed by atoms with Gasteiger partial charge in [-0.05, 0) is 72.9 Å². The highest BCUT2D eigenvalue weighted by Crippen LogP contribution is 2.40. The summed E-state index contributed by atoms with van der Waals surface area (Å²) in [4.78, 5) is 23.2. The predicted molar refractivity (Wildman–Crippen MR) is 132 cm³/mol. The molecule has 170 valence electrons. The van der Waals surface area contributed by atoms with E-state index in [2.05, 4.69) is 30.8 Å². The Hall–Kier alpha value is -4.04. The van der Waals surface area contributed by atoms with E-state index in [1.807, 2.05) is 60.8 Å². The number of thiocarbonyl (C=S) groups is 1. The third-order valence-corrected chi connectivity index (χ3v) is 6.26. The number of methoxy groups -OCH3 is 1. The van der Waals surface area contributed by atoms with Crippen molar-refractivity contribution < 1.29 is 9.53 Å². The summed E-state index contributed by atoms with van der Waals surface area (Å²) in [5.74, 6) is -0.360. The van der Waals surface area contributed by atoms with Gasteiger partial charge in [-0.25, -0.2) is 4.79 Å². The first-order valence-electron chi connectivity index (χ1n) is 10.9. The molecule has 1 saturated heterocycles. The predicted octanol–water partition coefficient (Wildman–Crippen LogP) is 4.23. The summed E-state index contributed by atoms with van der Waals surface area (Å²) in [5, 5.41) is 4.13. The Kier molecular flexibility index (Phi) is 6.05. The quantitative estimate of drug-likeness (QED) is 0.335. The van der Waals surface area contributed by atoms with E-state index in [1.165, 1.54) is 7.11 Å². The summed E-state index contributed by atoms with van der Waals surface area (Å²) >= 11 is 5.79. The number of carbonyl (C=O) groups excluding carboxylic acids is 1. The highest BCUT2D eigenvalue weighted by atomic mass is 32.1. The number of nitrogens with zero attached hydrogens (tertiary/aromatic N) is 4. The van der Waals surface area contributed by atoms with Crippen molar-refractivity contribution in [3.05, 3.63) is 114 Å². The molecule has 1 aliphatic rings. The largest absolute Gasteiger partial charge is 0.465 e. The van der Waals surface area contributed by atoms with E-state index in [0.717, 1.165) is 22.8 Å². The van der Waals surface area contributed by atoms with E-state index in [-0.39, 0.29) is 18.1 Å². The first-order chi connectivity index (χ1) is 16.7. The van der Waals surface area contributed by atoms with Crippen LogP contribution in [0.15, 0.2) is 91.4 Å². The maximum absolute atomic E-state index is 11.9. The maximum Gasteiger partial charge on any atom is 0.337 e. The van der Waals surface area contributed by atoms with Gasteiger partial charge in [0.1, 0.15) is 0 Å². The first-order valence-corrected chi connectivity index (χ1v) is 11.3. The standard InChI is InChI=1S/C26H23N5O2S/c1-33-25(32)18-10-12-20(13-11-18)30-16-6-9-22(30)24-23(21-8-3-5-15-28-21)29-26(34)31(24)17-19-7-2-4-14-27-19/h2-16,23-24H,17H2,1H3,(H,29,34)/t23-,24-/m1/s1. The molecule has 4 aromatic rings. The molecular formula is C26H23N5O2S. The second-order valence-electron chi connectivity index (χ2n) is 7.92. The molecule has 7 nitrogen and oxygen atoms in total. The van der Waals surface area contributed by atoms with E-state index < -0.39 is 0 Å². The zero-order chi connectivity index (χ0) is 23.5. The monoisotopic (exact) mass is 469 g/mol. The molecule has 1 aliphatic heterocycles. The molecular weight excluding hydrogens is 446 g/mol. The summed E-state index contributed by atoms with van der Waals surface area (Å²) in [6.07, 6.45) is 5.60. The van der Waals surface area contributed by atoms with Crippen molar-refractivity contribution in [3.8, 4) is 5.69 Å². The van der Waals surface area contributed by atoms with Gasteiger partial charge in [0.25, 0.3) is 0 Å². The maximum atomic E-state index is 11.9. The van der Waals surface area contributed by atoms with Crippen LogP contribution in [0, 0.1) is 0 Å².